The van der Waals surface area contributed by atoms with Gasteiger partial charge in [0.25, 0.3) is 0 Å². The molecule has 0 aliphatic carbocycles. The van der Waals surface area contributed by atoms with E-state index in [9.17, 15) is 9.59 Å². The van der Waals surface area contributed by atoms with Crippen LogP contribution in [0, 0.1) is 0 Å². The van der Waals surface area contributed by atoms with Crippen molar-refractivity contribution in [3.8, 4) is 0 Å². The summed E-state index contributed by atoms with van der Waals surface area (Å²) in [6.45, 7) is 0.866. The number of cyclic esters (lactones) is 1. The molecule has 0 unspecified atom stereocenters. The summed E-state index contributed by atoms with van der Waals surface area (Å²) in [5.41, 5.74) is 2.08. The Morgan fingerprint density at radius 2 is 1.96 bits per heavy atom. The molecule has 1 fully saturated rings. The molecule has 2 aromatic rings. The zero-order valence-electron chi connectivity index (χ0n) is 12.2. The van der Waals surface area contributed by atoms with Gasteiger partial charge in [-0.05, 0) is 35.9 Å². The fourth-order valence-electron chi connectivity index (χ4n) is 2.30. The molecule has 5 heteroatoms. The molecule has 4 nitrogen and oxygen atoms in total. The van der Waals surface area contributed by atoms with Gasteiger partial charge in [0.15, 0.2) is 5.78 Å². The van der Waals surface area contributed by atoms with Crippen molar-refractivity contribution in [1.29, 1.82) is 0 Å². The SMILES string of the molecule is O=C(/C=C/c1ccc(Cl)cc1)c1cccc(N2CCOC2=O)c1. The van der Waals surface area contributed by atoms with Crippen molar-refractivity contribution in [2.24, 2.45) is 0 Å². The molecule has 1 aliphatic rings. The van der Waals surface area contributed by atoms with Gasteiger partial charge in [-0.15, -0.1) is 0 Å². The summed E-state index contributed by atoms with van der Waals surface area (Å²) in [6.07, 6.45) is 2.85. The molecular formula is C18H14ClNO3. The second kappa shape index (κ2) is 6.67. The summed E-state index contributed by atoms with van der Waals surface area (Å²) >= 11 is 5.83. The number of hydrogen-bond acceptors (Lipinski definition) is 3. The summed E-state index contributed by atoms with van der Waals surface area (Å²) in [7, 11) is 0. The molecule has 1 amide bonds. The molecule has 1 heterocycles. The van der Waals surface area contributed by atoms with E-state index in [1.54, 1.807) is 42.5 Å². The second-order valence-electron chi connectivity index (χ2n) is 5.07. The van der Waals surface area contributed by atoms with Crippen LogP contribution in [0.2, 0.25) is 5.02 Å². The van der Waals surface area contributed by atoms with Crippen LogP contribution < -0.4 is 4.90 Å². The molecule has 23 heavy (non-hydrogen) atoms. The van der Waals surface area contributed by atoms with E-state index < -0.39 is 0 Å². The topological polar surface area (TPSA) is 46.6 Å². The van der Waals surface area contributed by atoms with Crippen molar-refractivity contribution < 1.29 is 14.3 Å². The van der Waals surface area contributed by atoms with Gasteiger partial charge in [-0.25, -0.2) is 4.79 Å². The van der Waals surface area contributed by atoms with Crippen molar-refractivity contribution in [1.82, 2.24) is 0 Å². The third-order valence-electron chi connectivity index (χ3n) is 3.50. The molecule has 0 atom stereocenters. The third kappa shape index (κ3) is 3.60. The molecule has 116 valence electrons. The largest absolute Gasteiger partial charge is 0.447 e. The summed E-state index contributed by atoms with van der Waals surface area (Å²) in [5.74, 6) is -0.130. The van der Waals surface area contributed by atoms with Gasteiger partial charge in [0.2, 0.25) is 0 Å². The van der Waals surface area contributed by atoms with Crippen LogP contribution in [0.25, 0.3) is 6.08 Å². The Kier molecular flexibility index (Phi) is 4.44. The van der Waals surface area contributed by atoms with E-state index in [2.05, 4.69) is 0 Å². The normalized spacial score (nSPS) is 14.3. The standard InChI is InChI=1S/C18H14ClNO3/c19-15-7-4-13(5-8-15)6-9-17(21)14-2-1-3-16(12-14)20-10-11-23-18(20)22/h1-9,12H,10-11H2/b9-6+. The van der Waals surface area contributed by atoms with Crippen molar-refractivity contribution in [2.45, 2.75) is 0 Å². The Balaban J connectivity index is 1.77. The highest BCUT2D eigenvalue weighted by Crippen LogP contribution is 2.20. The summed E-state index contributed by atoms with van der Waals surface area (Å²) in [4.78, 5) is 25.4. The number of nitrogens with zero attached hydrogens (tertiary/aromatic N) is 1. The van der Waals surface area contributed by atoms with Crippen LogP contribution in [-0.4, -0.2) is 25.0 Å². The maximum atomic E-state index is 12.3. The van der Waals surface area contributed by atoms with Gasteiger partial charge in [0.1, 0.15) is 6.61 Å². The maximum Gasteiger partial charge on any atom is 0.414 e. The maximum absolute atomic E-state index is 12.3. The molecule has 1 aliphatic heterocycles. The average Bonchev–Trinajstić information content (AvgIpc) is 3.00. The Bertz CT molecular complexity index is 768. The lowest BCUT2D eigenvalue weighted by Gasteiger charge is -2.13. The zero-order valence-corrected chi connectivity index (χ0v) is 13.0. The Morgan fingerprint density at radius 1 is 1.17 bits per heavy atom. The van der Waals surface area contributed by atoms with Crippen LogP contribution >= 0.6 is 11.6 Å². The lowest BCUT2D eigenvalue weighted by molar-refractivity contribution is 0.104. The minimum atomic E-state index is -0.383. The van der Waals surface area contributed by atoms with E-state index in [1.807, 2.05) is 12.1 Å². The number of benzene rings is 2. The van der Waals surface area contributed by atoms with Gasteiger partial charge in [0.05, 0.1) is 6.54 Å². The van der Waals surface area contributed by atoms with Crippen LogP contribution in [0.1, 0.15) is 15.9 Å². The van der Waals surface area contributed by atoms with Crippen molar-refractivity contribution >= 4 is 35.2 Å². The first-order valence-electron chi connectivity index (χ1n) is 7.16. The van der Waals surface area contributed by atoms with Crippen molar-refractivity contribution in [2.75, 3.05) is 18.1 Å². The van der Waals surface area contributed by atoms with E-state index >= 15 is 0 Å². The predicted octanol–water partition coefficient (Wildman–Crippen LogP) is 4.19. The Labute approximate surface area is 138 Å². The summed E-state index contributed by atoms with van der Waals surface area (Å²) in [5, 5.41) is 0.652. The number of carbonyl (C=O) groups excluding carboxylic acids is 2. The number of amides is 1. The first-order valence-corrected chi connectivity index (χ1v) is 7.53. The molecule has 0 saturated carbocycles. The monoisotopic (exact) mass is 327 g/mol. The number of halogens is 1. The van der Waals surface area contributed by atoms with Gasteiger partial charge in [0, 0.05) is 16.3 Å². The second-order valence-corrected chi connectivity index (χ2v) is 5.50. The van der Waals surface area contributed by atoms with E-state index in [1.165, 1.54) is 11.0 Å². The minimum Gasteiger partial charge on any atom is -0.447 e. The highest BCUT2D eigenvalue weighted by atomic mass is 35.5. The number of hydrogen-bond donors (Lipinski definition) is 0. The molecule has 0 N–H and O–H groups in total. The molecule has 3 rings (SSSR count). The number of anilines is 1. The Morgan fingerprint density at radius 3 is 2.65 bits per heavy atom. The van der Waals surface area contributed by atoms with E-state index in [0.29, 0.717) is 29.4 Å². The van der Waals surface area contributed by atoms with E-state index in [-0.39, 0.29) is 11.9 Å². The van der Waals surface area contributed by atoms with Gasteiger partial charge >= 0.3 is 6.09 Å². The number of rotatable bonds is 4. The third-order valence-corrected chi connectivity index (χ3v) is 3.75. The molecule has 0 radical (unpaired) electrons. The highest BCUT2D eigenvalue weighted by Gasteiger charge is 2.23. The van der Waals surface area contributed by atoms with Crippen LogP contribution in [0.15, 0.2) is 54.6 Å². The summed E-state index contributed by atoms with van der Waals surface area (Å²) < 4.78 is 4.91. The molecule has 0 aromatic heterocycles. The van der Waals surface area contributed by atoms with Crippen LogP contribution in [0.5, 0.6) is 0 Å². The lowest BCUT2D eigenvalue weighted by atomic mass is 10.1. The smallest absolute Gasteiger partial charge is 0.414 e. The minimum absolute atomic E-state index is 0.130. The highest BCUT2D eigenvalue weighted by molar-refractivity contribution is 6.30. The predicted molar refractivity (Wildman–Crippen MR) is 90.0 cm³/mol. The number of ether oxygens (including phenoxy) is 1. The van der Waals surface area contributed by atoms with Crippen LogP contribution in [0.3, 0.4) is 0 Å². The van der Waals surface area contributed by atoms with Crippen LogP contribution in [0.4, 0.5) is 10.5 Å². The Hall–Kier alpha value is -2.59. The molecule has 2 aromatic carbocycles. The number of allylic oxidation sites excluding steroid dienone is 1. The number of ketones is 1. The molecule has 0 spiro atoms. The van der Waals surface area contributed by atoms with E-state index in [4.69, 9.17) is 16.3 Å². The van der Waals surface area contributed by atoms with Crippen molar-refractivity contribution in [3.05, 3.63) is 70.8 Å². The molecule has 0 bridgehead atoms. The first kappa shape index (κ1) is 15.3. The zero-order chi connectivity index (χ0) is 16.2. The molecular weight excluding hydrogens is 314 g/mol. The van der Waals surface area contributed by atoms with Gasteiger partial charge in [-0.2, -0.15) is 0 Å². The quantitative estimate of drug-likeness (QED) is 0.624. The molecule has 1 saturated heterocycles. The summed E-state index contributed by atoms with van der Waals surface area (Å²) in [6, 6.07) is 14.2. The van der Waals surface area contributed by atoms with Gasteiger partial charge in [-0.1, -0.05) is 41.9 Å². The number of carbonyl (C=O) groups is 2. The van der Waals surface area contributed by atoms with Crippen molar-refractivity contribution in [3.63, 3.8) is 0 Å². The van der Waals surface area contributed by atoms with Crippen LogP contribution in [-0.2, 0) is 4.74 Å². The first-order chi connectivity index (χ1) is 11.1. The fourth-order valence-corrected chi connectivity index (χ4v) is 2.42. The van der Waals surface area contributed by atoms with E-state index in [0.717, 1.165) is 5.56 Å². The van der Waals surface area contributed by atoms with Gasteiger partial charge < -0.3 is 4.74 Å². The van der Waals surface area contributed by atoms with Gasteiger partial charge in [-0.3, -0.25) is 9.69 Å². The lowest BCUT2D eigenvalue weighted by Crippen LogP contribution is -2.23. The average molecular weight is 328 g/mol. The fraction of sp³-hybridized carbons (Fsp3) is 0.111.